The van der Waals surface area contributed by atoms with Gasteiger partial charge in [0.15, 0.2) is 5.76 Å². The summed E-state index contributed by atoms with van der Waals surface area (Å²) in [5.74, 6) is -0.772. The van der Waals surface area contributed by atoms with E-state index in [1.807, 2.05) is 0 Å². The van der Waals surface area contributed by atoms with Gasteiger partial charge in [0, 0.05) is 28.6 Å². The monoisotopic (exact) mass is 569 g/mol. The van der Waals surface area contributed by atoms with Crippen LogP contribution in [0.4, 0.5) is 21.9 Å². The summed E-state index contributed by atoms with van der Waals surface area (Å²) in [7, 11) is -3.72. The molecule has 0 aliphatic carbocycles. The molecule has 2 N–H and O–H groups in total. The molecule has 4 rings (SSSR count). The van der Waals surface area contributed by atoms with Crippen LogP contribution in [-0.4, -0.2) is 43.8 Å². The normalized spacial score (nSPS) is 11.9. The van der Waals surface area contributed by atoms with E-state index in [-0.39, 0.29) is 35.7 Å². The fraction of sp³-hybridized carbons (Fsp3) is 0.259. The Kier molecular flexibility index (Phi) is 7.80. The average Bonchev–Trinajstić information content (AvgIpc) is 3.27. The maximum atomic E-state index is 13.3. The number of hydrogen-bond acceptors (Lipinski definition) is 9. The van der Waals surface area contributed by atoms with Crippen molar-refractivity contribution in [1.82, 2.24) is 0 Å². The second-order valence-corrected chi connectivity index (χ2v) is 11.6. The van der Waals surface area contributed by atoms with E-state index in [0.29, 0.717) is 27.4 Å². The predicted octanol–water partition coefficient (Wildman–Crippen LogP) is 5.61. The maximum Gasteiger partial charge on any atom is 0.412 e. The molecule has 0 saturated carbocycles. The van der Waals surface area contributed by atoms with Crippen molar-refractivity contribution in [2.75, 3.05) is 23.5 Å². The number of furan rings is 1. The predicted molar refractivity (Wildman–Crippen MR) is 149 cm³/mol. The lowest BCUT2D eigenvalue weighted by atomic mass is 9.98. The molecule has 2 amide bonds. The van der Waals surface area contributed by atoms with Gasteiger partial charge in [0.25, 0.3) is 21.7 Å². The largest absolute Gasteiger partial charge is 0.451 e. The molecule has 4 aromatic rings. The van der Waals surface area contributed by atoms with Crippen molar-refractivity contribution >= 4 is 60.9 Å². The fourth-order valence-corrected chi connectivity index (χ4v) is 4.45. The molecule has 0 bridgehead atoms. The highest BCUT2D eigenvalue weighted by molar-refractivity contribution is 7.85. The highest BCUT2D eigenvalue weighted by Gasteiger charge is 2.21. The fourth-order valence-electron chi connectivity index (χ4n) is 4.07. The number of hydrogen-bond donors (Lipinski definition) is 2. The number of nitrogens with zero attached hydrogens (tertiary/aromatic N) is 1. The van der Waals surface area contributed by atoms with Crippen molar-refractivity contribution in [3.63, 3.8) is 0 Å². The van der Waals surface area contributed by atoms with E-state index in [1.165, 1.54) is 30.3 Å². The minimum atomic E-state index is -3.72. The Labute approximate surface area is 229 Å². The van der Waals surface area contributed by atoms with Crippen molar-refractivity contribution in [3.05, 3.63) is 76.0 Å². The van der Waals surface area contributed by atoms with Crippen LogP contribution < -0.4 is 10.6 Å². The molecule has 40 heavy (non-hydrogen) atoms. The van der Waals surface area contributed by atoms with Crippen LogP contribution in [0.25, 0.3) is 21.7 Å². The summed E-state index contributed by atoms with van der Waals surface area (Å²) in [4.78, 5) is 36.4. The first-order chi connectivity index (χ1) is 18.7. The lowest BCUT2D eigenvalue weighted by Gasteiger charge is -2.21. The van der Waals surface area contributed by atoms with Crippen molar-refractivity contribution < 1.29 is 36.3 Å². The van der Waals surface area contributed by atoms with E-state index in [2.05, 4.69) is 10.6 Å². The molecule has 0 saturated heterocycles. The van der Waals surface area contributed by atoms with E-state index in [4.69, 9.17) is 13.3 Å². The second-order valence-electron chi connectivity index (χ2n) is 9.94. The number of nitrogens with one attached hydrogen (secondary N) is 2. The molecule has 0 radical (unpaired) electrons. The zero-order chi connectivity index (χ0) is 29.2. The summed E-state index contributed by atoms with van der Waals surface area (Å²) < 4.78 is 39.1. The summed E-state index contributed by atoms with van der Waals surface area (Å²) in [5.41, 5.74) is 0.528. The summed E-state index contributed by atoms with van der Waals surface area (Å²) >= 11 is 0. The standard InChI is InChI=1S/C27H27N3O9S/c1-27(2,3)39-26(32)29-22-15-21(20(11-12-37-40(4,35)36)18-7-5-6-8-19(18)22)28-25(31)24-14-16-13-17(30(33)34)9-10-23(16)38-24/h5-10,13-15H,11-12H2,1-4H3,(H,28,31)(H,29,32). The Hall–Kier alpha value is -4.49. The Morgan fingerprint density at radius 2 is 1.70 bits per heavy atom. The molecule has 13 heteroatoms. The van der Waals surface area contributed by atoms with Gasteiger partial charge in [-0.05, 0) is 56.3 Å². The molecule has 210 valence electrons. The highest BCUT2D eigenvalue weighted by atomic mass is 32.2. The molecular formula is C27H27N3O9S. The van der Waals surface area contributed by atoms with Crippen molar-refractivity contribution in [3.8, 4) is 0 Å². The lowest BCUT2D eigenvalue weighted by Crippen LogP contribution is -2.27. The first-order valence-electron chi connectivity index (χ1n) is 12.1. The minimum absolute atomic E-state index is 0.0994. The van der Waals surface area contributed by atoms with Gasteiger partial charge < -0.3 is 14.5 Å². The third-order valence-electron chi connectivity index (χ3n) is 5.62. The third-order valence-corrected chi connectivity index (χ3v) is 6.22. The van der Waals surface area contributed by atoms with Gasteiger partial charge in [-0.15, -0.1) is 0 Å². The van der Waals surface area contributed by atoms with Crippen molar-refractivity contribution in [2.45, 2.75) is 32.8 Å². The van der Waals surface area contributed by atoms with Gasteiger partial charge in [0.1, 0.15) is 11.2 Å². The van der Waals surface area contributed by atoms with E-state index >= 15 is 0 Å². The Balaban J connectivity index is 1.75. The molecule has 1 heterocycles. The number of fused-ring (bicyclic) bond motifs is 2. The summed E-state index contributed by atoms with van der Waals surface area (Å²) in [6.07, 6.45) is 0.331. The first-order valence-corrected chi connectivity index (χ1v) is 13.9. The molecule has 0 spiro atoms. The minimum Gasteiger partial charge on any atom is -0.451 e. The molecule has 3 aromatic carbocycles. The van der Waals surface area contributed by atoms with Crippen LogP contribution in [0.1, 0.15) is 36.9 Å². The van der Waals surface area contributed by atoms with Crippen LogP contribution in [0.15, 0.2) is 59.0 Å². The van der Waals surface area contributed by atoms with Crippen LogP contribution in [0.5, 0.6) is 0 Å². The van der Waals surface area contributed by atoms with Gasteiger partial charge in [-0.2, -0.15) is 8.42 Å². The number of amides is 2. The van der Waals surface area contributed by atoms with E-state index in [0.717, 1.165) is 6.26 Å². The smallest absolute Gasteiger partial charge is 0.412 e. The molecule has 0 aliphatic heterocycles. The summed E-state index contributed by atoms with van der Waals surface area (Å²) in [6.45, 7) is 4.98. The lowest BCUT2D eigenvalue weighted by molar-refractivity contribution is -0.384. The number of rotatable bonds is 8. The van der Waals surface area contributed by atoms with E-state index < -0.39 is 32.6 Å². The van der Waals surface area contributed by atoms with E-state index in [9.17, 15) is 28.1 Å². The topological polar surface area (TPSA) is 167 Å². The molecule has 0 atom stereocenters. The van der Waals surface area contributed by atoms with Gasteiger partial charge >= 0.3 is 6.09 Å². The summed E-state index contributed by atoms with van der Waals surface area (Å²) in [5, 5.41) is 18.2. The molecule has 0 fully saturated rings. The zero-order valence-corrected chi connectivity index (χ0v) is 23.0. The quantitative estimate of drug-likeness (QED) is 0.156. The van der Waals surface area contributed by atoms with Gasteiger partial charge in [-0.1, -0.05) is 24.3 Å². The third kappa shape index (κ3) is 6.93. The van der Waals surface area contributed by atoms with Crippen LogP contribution in [-0.2, 0) is 25.5 Å². The highest BCUT2D eigenvalue weighted by Crippen LogP contribution is 2.35. The average molecular weight is 570 g/mol. The number of carbonyl (C=O) groups is 2. The number of nitro benzene ring substituents is 1. The number of ether oxygens (including phenoxy) is 1. The maximum absolute atomic E-state index is 13.3. The zero-order valence-electron chi connectivity index (χ0n) is 22.1. The molecule has 0 aliphatic rings. The molecule has 0 unspecified atom stereocenters. The molecular weight excluding hydrogens is 542 g/mol. The first kappa shape index (κ1) is 28.5. The SMILES string of the molecule is CC(C)(C)OC(=O)Nc1cc(NC(=O)c2cc3cc([N+](=O)[O-])ccc3o2)c(CCOS(C)(=O)=O)c2ccccc12. The Morgan fingerprint density at radius 3 is 2.35 bits per heavy atom. The van der Waals surface area contributed by atoms with Crippen LogP contribution >= 0.6 is 0 Å². The van der Waals surface area contributed by atoms with Gasteiger partial charge in [0.05, 0.1) is 23.5 Å². The molecule has 12 nitrogen and oxygen atoms in total. The van der Waals surface area contributed by atoms with Crippen LogP contribution in [0, 0.1) is 10.1 Å². The van der Waals surface area contributed by atoms with E-state index in [1.54, 1.807) is 45.0 Å². The van der Waals surface area contributed by atoms with Gasteiger partial charge in [-0.3, -0.25) is 24.4 Å². The Bertz CT molecular complexity index is 1740. The van der Waals surface area contributed by atoms with Gasteiger partial charge in [0.2, 0.25) is 0 Å². The Morgan fingerprint density at radius 1 is 1.00 bits per heavy atom. The van der Waals surface area contributed by atoms with Crippen LogP contribution in [0.3, 0.4) is 0 Å². The molecule has 1 aromatic heterocycles. The number of carbonyl (C=O) groups excluding carboxylic acids is 2. The number of non-ortho nitro benzene ring substituents is 1. The number of nitro groups is 1. The van der Waals surface area contributed by atoms with Gasteiger partial charge in [-0.25, -0.2) is 4.79 Å². The number of anilines is 2. The van der Waals surface area contributed by atoms with Crippen LogP contribution in [0.2, 0.25) is 0 Å². The number of benzene rings is 3. The second kappa shape index (κ2) is 10.9. The van der Waals surface area contributed by atoms with Crippen molar-refractivity contribution in [1.29, 1.82) is 0 Å². The summed E-state index contributed by atoms with van der Waals surface area (Å²) in [6, 6.07) is 13.9. The van der Waals surface area contributed by atoms with Crippen molar-refractivity contribution in [2.24, 2.45) is 0 Å².